The van der Waals surface area contributed by atoms with E-state index < -0.39 is 0 Å². The van der Waals surface area contributed by atoms with E-state index in [1.54, 1.807) is 13.8 Å². The van der Waals surface area contributed by atoms with Crippen LogP contribution in [0.15, 0.2) is 30.3 Å². The van der Waals surface area contributed by atoms with Crippen molar-refractivity contribution in [1.29, 1.82) is 0 Å². The first-order valence-corrected chi connectivity index (χ1v) is 7.73. The predicted molar refractivity (Wildman–Crippen MR) is 84.2 cm³/mol. The Morgan fingerprint density at radius 3 is 2.27 bits per heavy atom. The number of hydrogen-bond acceptors (Lipinski definition) is 5. The van der Waals surface area contributed by atoms with Crippen molar-refractivity contribution in [2.24, 2.45) is 0 Å². The molecule has 0 spiro atoms. The molecule has 1 aromatic carbocycles. The fourth-order valence-electron chi connectivity index (χ4n) is 2.12. The van der Waals surface area contributed by atoms with Gasteiger partial charge in [-0.05, 0) is 32.4 Å². The molecule has 122 valence electrons. The molecule has 0 aliphatic carbocycles. The van der Waals surface area contributed by atoms with Crippen LogP contribution < -0.4 is 0 Å². The van der Waals surface area contributed by atoms with Crippen molar-refractivity contribution >= 4 is 11.9 Å². The highest BCUT2D eigenvalue weighted by Gasteiger charge is 2.13. The van der Waals surface area contributed by atoms with Gasteiger partial charge in [0.1, 0.15) is 0 Å². The number of ether oxygens (including phenoxy) is 2. The highest BCUT2D eigenvalue weighted by Crippen LogP contribution is 2.07. The zero-order valence-electron chi connectivity index (χ0n) is 13.4. The van der Waals surface area contributed by atoms with Crippen molar-refractivity contribution in [3.05, 3.63) is 35.9 Å². The number of esters is 2. The zero-order valence-corrected chi connectivity index (χ0v) is 13.4. The number of benzene rings is 1. The third-order valence-corrected chi connectivity index (χ3v) is 3.07. The van der Waals surface area contributed by atoms with Crippen LogP contribution in [0, 0.1) is 0 Å². The molecule has 0 saturated carbocycles. The Kier molecular flexibility index (Phi) is 8.91. The van der Waals surface area contributed by atoms with E-state index in [1.165, 1.54) is 0 Å². The summed E-state index contributed by atoms with van der Waals surface area (Å²) in [4.78, 5) is 25.1. The quantitative estimate of drug-likeness (QED) is 0.621. The Hall–Kier alpha value is -1.88. The van der Waals surface area contributed by atoms with Gasteiger partial charge < -0.3 is 9.47 Å². The summed E-state index contributed by atoms with van der Waals surface area (Å²) in [5, 5.41) is 0. The summed E-state index contributed by atoms with van der Waals surface area (Å²) in [5.74, 6) is -0.437. The summed E-state index contributed by atoms with van der Waals surface area (Å²) in [6.45, 7) is 5.89. The standard InChI is InChI=1S/C17H25NO4/c1-3-21-16(19)11-8-12-18(14-17(20)22-4-2)13-15-9-6-5-7-10-15/h5-7,9-10H,3-4,8,11-14H2,1-2H3. The molecule has 0 bridgehead atoms. The lowest BCUT2D eigenvalue weighted by molar-refractivity contribution is -0.144. The Labute approximate surface area is 132 Å². The molecule has 0 aromatic heterocycles. The minimum absolute atomic E-state index is 0.196. The van der Waals surface area contributed by atoms with Crippen molar-refractivity contribution in [2.75, 3.05) is 26.3 Å². The molecule has 0 fully saturated rings. The number of carbonyl (C=O) groups excluding carboxylic acids is 2. The maximum atomic E-state index is 11.7. The lowest BCUT2D eigenvalue weighted by atomic mass is 10.2. The first kappa shape index (κ1) is 18.2. The topological polar surface area (TPSA) is 55.8 Å². The molecule has 0 saturated heterocycles. The maximum absolute atomic E-state index is 11.7. The minimum atomic E-state index is -0.241. The lowest BCUT2D eigenvalue weighted by Gasteiger charge is -2.21. The van der Waals surface area contributed by atoms with E-state index in [0.29, 0.717) is 39.1 Å². The molecule has 1 rings (SSSR count). The molecule has 0 aliphatic rings. The van der Waals surface area contributed by atoms with Gasteiger partial charge in [0, 0.05) is 13.0 Å². The number of nitrogens with zero attached hydrogens (tertiary/aromatic N) is 1. The number of rotatable bonds is 10. The van der Waals surface area contributed by atoms with Gasteiger partial charge in [0.2, 0.25) is 0 Å². The Morgan fingerprint density at radius 1 is 1.00 bits per heavy atom. The molecule has 5 heteroatoms. The van der Waals surface area contributed by atoms with E-state index in [9.17, 15) is 9.59 Å². The van der Waals surface area contributed by atoms with Gasteiger partial charge in [0.15, 0.2) is 0 Å². The lowest BCUT2D eigenvalue weighted by Crippen LogP contribution is -2.32. The average Bonchev–Trinajstić information content (AvgIpc) is 2.48. The maximum Gasteiger partial charge on any atom is 0.320 e. The molecule has 0 aliphatic heterocycles. The van der Waals surface area contributed by atoms with Crippen LogP contribution >= 0.6 is 0 Å². The Morgan fingerprint density at radius 2 is 1.64 bits per heavy atom. The van der Waals surface area contributed by atoms with E-state index in [4.69, 9.17) is 9.47 Å². The fourth-order valence-corrected chi connectivity index (χ4v) is 2.12. The number of carbonyl (C=O) groups is 2. The van der Waals surface area contributed by atoms with Crippen molar-refractivity contribution in [2.45, 2.75) is 33.2 Å². The first-order chi connectivity index (χ1) is 10.7. The van der Waals surface area contributed by atoms with Crippen LogP contribution in [-0.4, -0.2) is 43.1 Å². The van der Waals surface area contributed by atoms with Gasteiger partial charge >= 0.3 is 11.9 Å². The molecular weight excluding hydrogens is 282 g/mol. The van der Waals surface area contributed by atoms with Crippen LogP contribution in [0.2, 0.25) is 0 Å². The Balaban J connectivity index is 2.50. The van der Waals surface area contributed by atoms with Gasteiger partial charge in [-0.15, -0.1) is 0 Å². The van der Waals surface area contributed by atoms with Gasteiger partial charge in [0.05, 0.1) is 19.8 Å². The molecule has 0 radical (unpaired) electrons. The van der Waals surface area contributed by atoms with Crippen LogP contribution in [0.3, 0.4) is 0 Å². The van der Waals surface area contributed by atoms with E-state index in [-0.39, 0.29) is 18.5 Å². The first-order valence-electron chi connectivity index (χ1n) is 7.73. The fraction of sp³-hybridized carbons (Fsp3) is 0.529. The molecule has 0 unspecified atom stereocenters. The summed E-state index contributed by atoms with van der Waals surface area (Å²) in [5.41, 5.74) is 1.13. The van der Waals surface area contributed by atoms with Crippen molar-refractivity contribution in [1.82, 2.24) is 4.90 Å². The van der Waals surface area contributed by atoms with E-state index >= 15 is 0 Å². The molecule has 0 amide bonds. The Bertz CT molecular complexity index is 447. The van der Waals surface area contributed by atoms with Gasteiger partial charge in [-0.1, -0.05) is 30.3 Å². The third-order valence-electron chi connectivity index (χ3n) is 3.07. The SMILES string of the molecule is CCOC(=O)CCCN(CC(=O)OCC)Cc1ccccc1. The normalized spacial score (nSPS) is 10.5. The van der Waals surface area contributed by atoms with Crippen molar-refractivity contribution < 1.29 is 19.1 Å². The molecule has 0 heterocycles. The summed E-state index contributed by atoms with van der Waals surface area (Å²) in [7, 11) is 0. The molecular formula is C17H25NO4. The number of hydrogen-bond donors (Lipinski definition) is 0. The highest BCUT2D eigenvalue weighted by atomic mass is 16.5. The summed E-state index contributed by atoms with van der Waals surface area (Å²) in [6.07, 6.45) is 1.02. The minimum Gasteiger partial charge on any atom is -0.466 e. The highest BCUT2D eigenvalue weighted by molar-refractivity contribution is 5.71. The smallest absolute Gasteiger partial charge is 0.320 e. The molecule has 1 aromatic rings. The van der Waals surface area contributed by atoms with Gasteiger partial charge in [-0.25, -0.2) is 0 Å². The second-order valence-corrected chi connectivity index (χ2v) is 4.91. The van der Waals surface area contributed by atoms with Crippen LogP contribution in [-0.2, 0) is 25.6 Å². The summed E-state index contributed by atoms with van der Waals surface area (Å²) < 4.78 is 9.92. The second-order valence-electron chi connectivity index (χ2n) is 4.91. The average molecular weight is 307 g/mol. The third kappa shape index (κ3) is 7.78. The second kappa shape index (κ2) is 10.8. The summed E-state index contributed by atoms with van der Waals surface area (Å²) >= 11 is 0. The predicted octanol–water partition coefficient (Wildman–Crippen LogP) is 2.40. The van der Waals surface area contributed by atoms with Crippen molar-refractivity contribution in [3.8, 4) is 0 Å². The monoisotopic (exact) mass is 307 g/mol. The zero-order chi connectivity index (χ0) is 16.2. The van der Waals surface area contributed by atoms with Gasteiger partial charge in [-0.3, -0.25) is 14.5 Å². The molecule has 0 atom stereocenters. The van der Waals surface area contributed by atoms with Gasteiger partial charge in [0.25, 0.3) is 0 Å². The molecule has 5 nitrogen and oxygen atoms in total. The van der Waals surface area contributed by atoms with Crippen LogP contribution in [0.4, 0.5) is 0 Å². The summed E-state index contributed by atoms with van der Waals surface area (Å²) in [6, 6.07) is 9.93. The van der Waals surface area contributed by atoms with Crippen LogP contribution in [0.25, 0.3) is 0 Å². The van der Waals surface area contributed by atoms with Gasteiger partial charge in [-0.2, -0.15) is 0 Å². The van der Waals surface area contributed by atoms with E-state index in [0.717, 1.165) is 5.56 Å². The van der Waals surface area contributed by atoms with Crippen LogP contribution in [0.5, 0.6) is 0 Å². The largest absolute Gasteiger partial charge is 0.466 e. The van der Waals surface area contributed by atoms with Crippen molar-refractivity contribution in [3.63, 3.8) is 0 Å². The molecule has 0 N–H and O–H groups in total. The van der Waals surface area contributed by atoms with Crippen LogP contribution in [0.1, 0.15) is 32.3 Å². The van der Waals surface area contributed by atoms with E-state index in [1.807, 2.05) is 35.2 Å². The van der Waals surface area contributed by atoms with E-state index in [2.05, 4.69) is 0 Å². The molecule has 22 heavy (non-hydrogen) atoms.